The Morgan fingerprint density at radius 1 is 1.36 bits per heavy atom. The number of aliphatic hydroxyl groups excluding tert-OH is 1. The zero-order valence-corrected chi connectivity index (χ0v) is 11.1. The molecule has 2 N–H and O–H groups in total. The van der Waals surface area contributed by atoms with Crippen LogP contribution in [0.5, 0.6) is 0 Å². The molecule has 0 saturated heterocycles. The van der Waals surface area contributed by atoms with Crippen LogP contribution in [0.25, 0.3) is 0 Å². The summed E-state index contributed by atoms with van der Waals surface area (Å²) in [4.78, 5) is 0. The van der Waals surface area contributed by atoms with Crippen LogP contribution in [0.3, 0.4) is 0 Å². The van der Waals surface area contributed by atoms with Crippen LogP contribution >= 0.6 is 11.6 Å². The molecule has 0 spiro atoms. The van der Waals surface area contributed by atoms with E-state index in [1.807, 2.05) is 18.2 Å². The SMILES string of the molecule is O=S(=O)(O)CO.[Na][c]1ccccc1Cl. The number of hydrogen-bond donors (Lipinski definition) is 2. The van der Waals surface area contributed by atoms with Gasteiger partial charge in [-0.15, -0.1) is 0 Å². The van der Waals surface area contributed by atoms with Crippen LogP contribution in [0.2, 0.25) is 5.02 Å². The Bertz CT molecular complexity index is 358. The quantitative estimate of drug-likeness (QED) is 0.539. The molecule has 0 unspecified atom stereocenters. The first-order valence-electron chi connectivity index (χ1n) is 3.64. The van der Waals surface area contributed by atoms with E-state index >= 15 is 0 Å². The molecule has 1 aromatic rings. The molecule has 74 valence electrons. The van der Waals surface area contributed by atoms with Crippen LogP contribution in [0.1, 0.15) is 0 Å². The van der Waals surface area contributed by atoms with Crippen LogP contribution in [-0.4, -0.2) is 51.9 Å². The average molecular weight is 247 g/mol. The monoisotopic (exact) mass is 246 g/mol. The molecule has 0 bridgehead atoms. The van der Waals surface area contributed by atoms with Crippen molar-refractivity contribution in [1.82, 2.24) is 0 Å². The number of halogens is 1. The van der Waals surface area contributed by atoms with E-state index in [1.165, 1.54) is 2.81 Å². The molecule has 1 rings (SSSR count). The van der Waals surface area contributed by atoms with Crippen molar-refractivity contribution in [2.75, 3.05) is 5.94 Å². The fourth-order valence-electron chi connectivity index (χ4n) is 0.551. The molecule has 0 radical (unpaired) electrons. The van der Waals surface area contributed by atoms with Crippen molar-refractivity contribution in [1.29, 1.82) is 0 Å². The van der Waals surface area contributed by atoms with Gasteiger partial charge >= 0.3 is 71.6 Å². The fourth-order valence-corrected chi connectivity index (χ4v) is 1.05. The molecule has 0 fully saturated rings. The molecule has 0 atom stereocenters. The van der Waals surface area contributed by atoms with Crippen molar-refractivity contribution >= 4 is 52.5 Å². The van der Waals surface area contributed by atoms with E-state index in [2.05, 4.69) is 6.07 Å². The molecular formula is C7H8ClNaO4S. The normalized spacial score (nSPS) is 10.4. The summed E-state index contributed by atoms with van der Waals surface area (Å²) in [5, 5.41) is 8.47. The van der Waals surface area contributed by atoms with Crippen LogP contribution in [0, 0.1) is 0 Å². The van der Waals surface area contributed by atoms with Gasteiger partial charge < -0.3 is 5.11 Å². The zero-order chi connectivity index (χ0) is 11.2. The van der Waals surface area contributed by atoms with Crippen molar-refractivity contribution in [2.24, 2.45) is 0 Å². The van der Waals surface area contributed by atoms with E-state index in [0.717, 1.165) is 33.0 Å². The summed E-state index contributed by atoms with van der Waals surface area (Å²) >= 11 is 6.79. The van der Waals surface area contributed by atoms with Gasteiger partial charge in [0, 0.05) is 0 Å². The van der Waals surface area contributed by atoms with Gasteiger partial charge in [0.15, 0.2) is 5.94 Å². The van der Waals surface area contributed by atoms with E-state index < -0.39 is 16.1 Å². The maximum absolute atomic E-state index is 9.31. The summed E-state index contributed by atoms with van der Waals surface area (Å²) in [6, 6.07) is 7.93. The van der Waals surface area contributed by atoms with Gasteiger partial charge in [-0.3, -0.25) is 4.55 Å². The van der Waals surface area contributed by atoms with Crippen LogP contribution < -0.4 is 2.81 Å². The Morgan fingerprint density at radius 3 is 2.00 bits per heavy atom. The molecule has 0 aliphatic heterocycles. The van der Waals surface area contributed by atoms with Crippen molar-refractivity contribution in [2.45, 2.75) is 0 Å². The minimum absolute atomic E-state index is 0.902. The molecule has 0 aromatic heterocycles. The van der Waals surface area contributed by atoms with Gasteiger partial charge in [-0.1, -0.05) is 0 Å². The fraction of sp³-hybridized carbons (Fsp3) is 0.143. The average Bonchev–Trinajstić information content (AvgIpc) is 2.10. The van der Waals surface area contributed by atoms with Gasteiger partial charge in [0.2, 0.25) is 0 Å². The summed E-state index contributed by atoms with van der Waals surface area (Å²) in [5.74, 6) is -1.20. The number of hydrogen-bond acceptors (Lipinski definition) is 3. The first kappa shape index (κ1) is 14.4. The predicted octanol–water partition coefficient (Wildman–Crippen LogP) is -0.0422. The molecule has 4 nitrogen and oxygen atoms in total. The van der Waals surface area contributed by atoms with E-state index in [0.29, 0.717) is 0 Å². The van der Waals surface area contributed by atoms with E-state index in [9.17, 15) is 8.42 Å². The molecule has 0 aliphatic carbocycles. The van der Waals surface area contributed by atoms with Gasteiger partial charge in [0.05, 0.1) is 0 Å². The molecule has 7 heteroatoms. The Kier molecular flexibility index (Phi) is 6.97. The summed E-state index contributed by atoms with van der Waals surface area (Å²) in [5.41, 5.74) is 0. The second-order valence-corrected chi connectivity index (χ2v) is 5.37. The summed E-state index contributed by atoms with van der Waals surface area (Å²) in [6.45, 7) is 0. The molecular weight excluding hydrogens is 239 g/mol. The molecule has 1 aromatic carbocycles. The van der Waals surface area contributed by atoms with Crippen molar-refractivity contribution in [3.8, 4) is 0 Å². The minimum atomic E-state index is -4.11. The van der Waals surface area contributed by atoms with Gasteiger partial charge in [0.1, 0.15) is 0 Å². The third-order valence-electron chi connectivity index (χ3n) is 1.24. The number of aliphatic hydroxyl groups is 1. The van der Waals surface area contributed by atoms with Crippen LogP contribution in [0.15, 0.2) is 24.3 Å². The Morgan fingerprint density at radius 2 is 1.79 bits per heavy atom. The second-order valence-electron chi connectivity index (χ2n) is 2.46. The predicted molar refractivity (Wildman–Crippen MR) is 55.5 cm³/mol. The third kappa shape index (κ3) is 7.75. The zero-order valence-electron chi connectivity index (χ0n) is 7.51. The Hall–Kier alpha value is 0.380. The Balaban J connectivity index is 0.000000255. The van der Waals surface area contributed by atoms with Gasteiger partial charge in [-0.2, -0.15) is 8.42 Å². The maximum atomic E-state index is 9.31. The van der Waals surface area contributed by atoms with Crippen LogP contribution in [0.4, 0.5) is 0 Å². The van der Waals surface area contributed by atoms with E-state index in [1.54, 1.807) is 0 Å². The molecule has 0 aliphatic rings. The summed E-state index contributed by atoms with van der Waals surface area (Å²) in [6.07, 6.45) is 0. The first-order chi connectivity index (χ1) is 6.37. The van der Waals surface area contributed by atoms with Gasteiger partial charge in [-0.25, -0.2) is 0 Å². The molecule has 0 saturated carbocycles. The van der Waals surface area contributed by atoms with Crippen molar-refractivity contribution in [3.05, 3.63) is 29.3 Å². The van der Waals surface area contributed by atoms with Crippen LogP contribution in [-0.2, 0) is 10.1 Å². The molecule has 0 heterocycles. The van der Waals surface area contributed by atoms with Gasteiger partial charge in [0.25, 0.3) is 10.1 Å². The first-order valence-corrected chi connectivity index (χ1v) is 6.62. The summed E-state index contributed by atoms with van der Waals surface area (Å²) in [7, 11) is -4.11. The van der Waals surface area contributed by atoms with Crippen molar-refractivity contribution in [3.63, 3.8) is 0 Å². The standard InChI is InChI=1S/C6H4Cl.CH4O4S.Na/c7-6-4-2-1-3-5-6;2-1-6(3,4)5;/h1-4H;2H,1H2,(H,3,4,5);. The number of rotatable bonds is 1. The van der Waals surface area contributed by atoms with Gasteiger partial charge in [-0.05, 0) is 0 Å². The third-order valence-corrected chi connectivity index (χ3v) is 3.18. The van der Waals surface area contributed by atoms with Crippen molar-refractivity contribution < 1.29 is 18.1 Å². The second kappa shape index (κ2) is 6.79. The number of benzene rings is 1. The topological polar surface area (TPSA) is 74.6 Å². The van der Waals surface area contributed by atoms with E-state index in [-0.39, 0.29) is 0 Å². The molecule has 14 heavy (non-hydrogen) atoms. The summed E-state index contributed by atoms with van der Waals surface area (Å²) < 4.78 is 27.4. The molecule has 0 amide bonds. The van der Waals surface area contributed by atoms with E-state index in [4.69, 9.17) is 21.3 Å². The Labute approximate surface area is 105 Å².